The Morgan fingerprint density at radius 1 is 1.42 bits per heavy atom. The second kappa shape index (κ2) is 5.67. The van der Waals surface area contributed by atoms with Crippen molar-refractivity contribution in [3.8, 4) is 17.0 Å². The number of nitrogens with zero attached hydrogens (tertiary/aromatic N) is 1. The summed E-state index contributed by atoms with van der Waals surface area (Å²) in [7, 11) is 0. The molecule has 0 fully saturated rings. The maximum Gasteiger partial charge on any atom is 0.262 e. The van der Waals surface area contributed by atoms with E-state index in [2.05, 4.69) is 15.3 Å². The van der Waals surface area contributed by atoms with Gasteiger partial charge < -0.3 is 15.4 Å². The SMILES string of the molecule is CCNCc1nc(O)c(-c2cccc(C)c2)c(=O)[nH]1. The monoisotopic (exact) mass is 259 g/mol. The number of rotatable bonds is 4. The van der Waals surface area contributed by atoms with Gasteiger partial charge in [-0.3, -0.25) is 4.79 Å². The van der Waals surface area contributed by atoms with E-state index in [-0.39, 0.29) is 17.0 Å². The number of aryl methyl sites for hydroxylation is 1. The number of nitrogens with one attached hydrogen (secondary N) is 2. The Morgan fingerprint density at radius 2 is 2.21 bits per heavy atom. The summed E-state index contributed by atoms with van der Waals surface area (Å²) in [5.74, 6) is 0.197. The van der Waals surface area contributed by atoms with Crippen molar-refractivity contribution in [1.82, 2.24) is 15.3 Å². The van der Waals surface area contributed by atoms with Crippen LogP contribution >= 0.6 is 0 Å². The molecule has 5 heteroatoms. The molecule has 0 aliphatic carbocycles. The molecule has 0 unspecified atom stereocenters. The Morgan fingerprint density at radius 3 is 2.84 bits per heavy atom. The Balaban J connectivity index is 2.45. The van der Waals surface area contributed by atoms with Gasteiger partial charge in [0.05, 0.1) is 6.54 Å². The highest BCUT2D eigenvalue weighted by atomic mass is 16.3. The molecule has 2 aromatic rings. The molecule has 0 saturated carbocycles. The molecule has 0 amide bonds. The fourth-order valence-electron chi connectivity index (χ4n) is 1.89. The van der Waals surface area contributed by atoms with Crippen LogP contribution < -0.4 is 10.9 Å². The molecule has 0 aliphatic heterocycles. The van der Waals surface area contributed by atoms with E-state index >= 15 is 0 Å². The molecule has 0 radical (unpaired) electrons. The van der Waals surface area contributed by atoms with E-state index in [1.807, 2.05) is 32.0 Å². The number of H-pyrrole nitrogens is 1. The van der Waals surface area contributed by atoms with Gasteiger partial charge in [-0.05, 0) is 19.0 Å². The van der Waals surface area contributed by atoms with Crippen LogP contribution in [0.2, 0.25) is 0 Å². The van der Waals surface area contributed by atoms with Gasteiger partial charge in [0.1, 0.15) is 11.4 Å². The van der Waals surface area contributed by atoms with Crippen LogP contribution in [0.15, 0.2) is 29.1 Å². The number of hydrogen-bond donors (Lipinski definition) is 3. The molecule has 2 rings (SSSR count). The first kappa shape index (κ1) is 13.3. The van der Waals surface area contributed by atoms with Gasteiger partial charge in [-0.25, -0.2) is 0 Å². The van der Waals surface area contributed by atoms with Crippen LogP contribution in [-0.2, 0) is 6.54 Å². The minimum absolute atomic E-state index is 0.212. The first-order valence-corrected chi connectivity index (χ1v) is 6.21. The summed E-state index contributed by atoms with van der Waals surface area (Å²) in [6.45, 7) is 5.08. The summed E-state index contributed by atoms with van der Waals surface area (Å²) >= 11 is 0. The molecular weight excluding hydrogens is 242 g/mol. The quantitative estimate of drug-likeness (QED) is 0.778. The van der Waals surface area contributed by atoms with E-state index in [0.29, 0.717) is 17.9 Å². The summed E-state index contributed by atoms with van der Waals surface area (Å²) in [4.78, 5) is 18.7. The minimum atomic E-state index is -0.328. The number of benzene rings is 1. The smallest absolute Gasteiger partial charge is 0.262 e. The third-order valence-electron chi connectivity index (χ3n) is 2.80. The highest BCUT2D eigenvalue weighted by molar-refractivity contribution is 5.67. The van der Waals surface area contributed by atoms with Crippen LogP contribution in [0.3, 0.4) is 0 Å². The van der Waals surface area contributed by atoms with Gasteiger partial charge in [0, 0.05) is 0 Å². The van der Waals surface area contributed by atoms with Crippen molar-refractivity contribution < 1.29 is 5.11 Å². The highest BCUT2D eigenvalue weighted by Crippen LogP contribution is 2.23. The van der Waals surface area contributed by atoms with E-state index in [1.165, 1.54) is 0 Å². The molecule has 100 valence electrons. The lowest BCUT2D eigenvalue weighted by molar-refractivity contribution is 0.448. The summed E-state index contributed by atoms with van der Waals surface area (Å²) in [6, 6.07) is 7.40. The predicted molar refractivity (Wildman–Crippen MR) is 74.1 cm³/mol. The van der Waals surface area contributed by atoms with Gasteiger partial charge in [-0.2, -0.15) is 4.98 Å². The standard InChI is InChI=1S/C14H17N3O2/c1-3-15-8-11-16-13(18)12(14(19)17-11)10-6-4-5-9(2)7-10/h4-7,15H,3,8H2,1-2H3,(H2,16,17,18,19). The lowest BCUT2D eigenvalue weighted by Crippen LogP contribution is -2.20. The molecule has 3 N–H and O–H groups in total. The van der Waals surface area contributed by atoms with Crippen LogP contribution in [0, 0.1) is 6.92 Å². The lowest BCUT2D eigenvalue weighted by Gasteiger charge is -2.07. The third-order valence-corrected chi connectivity index (χ3v) is 2.80. The van der Waals surface area contributed by atoms with Crippen molar-refractivity contribution in [2.24, 2.45) is 0 Å². The van der Waals surface area contributed by atoms with E-state index < -0.39 is 0 Å². The van der Waals surface area contributed by atoms with Gasteiger partial charge >= 0.3 is 0 Å². The normalized spacial score (nSPS) is 10.6. The summed E-state index contributed by atoms with van der Waals surface area (Å²) in [6.07, 6.45) is 0. The van der Waals surface area contributed by atoms with Crippen LogP contribution in [-0.4, -0.2) is 21.6 Å². The first-order chi connectivity index (χ1) is 9.11. The molecule has 0 aliphatic rings. The molecule has 1 aromatic heterocycles. The molecule has 1 aromatic carbocycles. The van der Waals surface area contributed by atoms with E-state index in [4.69, 9.17) is 0 Å². The zero-order chi connectivity index (χ0) is 13.8. The highest BCUT2D eigenvalue weighted by Gasteiger charge is 2.12. The molecule has 0 bridgehead atoms. The molecule has 0 spiro atoms. The first-order valence-electron chi connectivity index (χ1n) is 6.21. The topological polar surface area (TPSA) is 78.0 Å². The van der Waals surface area contributed by atoms with Crippen molar-refractivity contribution in [3.05, 3.63) is 46.0 Å². The van der Waals surface area contributed by atoms with Crippen LogP contribution in [0.1, 0.15) is 18.3 Å². The number of aromatic amines is 1. The van der Waals surface area contributed by atoms with Crippen molar-refractivity contribution >= 4 is 0 Å². The van der Waals surface area contributed by atoms with E-state index in [0.717, 1.165) is 12.1 Å². The molecule has 19 heavy (non-hydrogen) atoms. The molecule has 0 saturated heterocycles. The average Bonchev–Trinajstić information content (AvgIpc) is 2.35. The molecule has 0 atom stereocenters. The van der Waals surface area contributed by atoms with Crippen LogP contribution in [0.5, 0.6) is 5.88 Å². The van der Waals surface area contributed by atoms with Crippen molar-refractivity contribution in [3.63, 3.8) is 0 Å². The van der Waals surface area contributed by atoms with Crippen LogP contribution in [0.4, 0.5) is 0 Å². The number of aromatic nitrogens is 2. The third kappa shape index (κ3) is 3.00. The largest absolute Gasteiger partial charge is 0.493 e. The zero-order valence-corrected chi connectivity index (χ0v) is 11.0. The second-order valence-electron chi connectivity index (χ2n) is 4.36. The lowest BCUT2D eigenvalue weighted by atomic mass is 10.1. The predicted octanol–water partition coefficient (Wildman–Crippen LogP) is 1.56. The van der Waals surface area contributed by atoms with Gasteiger partial charge in [-0.15, -0.1) is 0 Å². The minimum Gasteiger partial charge on any atom is -0.493 e. The van der Waals surface area contributed by atoms with Crippen molar-refractivity contribution in [2.75, 3.05) is 6.54 Å². The second-order valence-corrected chi connectivity index (χ2v) is 4.36. The van der Waals surface area contributed by atoms with E-state index in [1.54, 1.807) is 6.07 Å². The molecular formula is C14H17N3O2. The van der Waals surface area contributed by atoms with E-state index in [9.17, 15) is 9.90 Å². The van der Waals surface area contributed by atoms with Gasteiger partial charge in [0.2, 0.25) is 5.88 Å². The summed E-state index contributed by atoms with van der Waals surface area (Å²) in [5.41, 5.74) is 1.57. The van der Waals surface area contributed by atoms with Crippen LogP contribution in [0.25, 0.3) is 11.1 Å². The Labute approximate surface area is 111 Å². The number of hydrogen-bond acceptors (Lipinski definition) is 4. The summed E-state index contributed by atoms with van der Waals surface area (Å²) < 4.78 is 0. The summed E-state index contributed by atoms with van der Waals surface area (Å²) in [5, 5.41) is 13.0. The van der Waals surface area contributed by atoms with Crippen molar-refractivity contribution in [2.45, 2.75) is 20.4 Å². The fraction of sp³-hybridized carbons (Fsp3) is 0.286. The fourth-order valence-corrected chi connectivity index (χ4v) is 1.89. The Hall–Kier alpha value is -2.14. The van der Waals surface area contributed by atoms with Gasteiger partial charge in [0.25, 0.3) is 5.56 Å². The maximum absolute atomic E-state index is 12.1. The maximum atomic E-state index is 12.1. The average molecular weight is 259 g/mol. The molecule has 5 nitrogen and oxygen atoms in total. The van der Waals surface area contributed by atoms with Gasteiger partial charge in [-0.1, -0.05) is 36.8 Å². The molecule has 1 heterocycles. The van der Waals surface area contributed by atoms with Gasteiger partial charge in [0.15, 0.2) is 0 Å². The zero-order valence-electron chi connectivity index (χ0n) is 11.0. The Bertz CT molecular complexity index is 635. The van der Waals surface area contributed by atoms with Crippen molar-refractivity contribution in [1.29, 1.82) is 0 Å². The number of aromatic hydroxyl groups is 1. The Kier molecular flexibility index (Phi) is 3.97.